The maximum Gasteiger partial charge on any atom is 0.199 e. The maximum absolute atomic E-state index is 14.4. The van der Waals surface area contributed by atoms with Gasteiger partial charge in [-0.2, -0.15) is 0 Å². The summed E-state index contributed by atoms with van der Waals surface area (Å²) in [6.07, 6.45) is 1.53. The number of fused-ring (bicyclic) bond motifs is 3. The van der Waals surface area contributed by atoms with Crippen LogP contribution in [-0.2, 0) is 19.7 Å². The molecule has 6 heteroatoms. The van der Waals surface area contributed by atoms with E-state index in [2.05, 4.69) is 0 Å². The van der Waals surface area contributed by atoms with E-state index < -0.39 is 23.8 Å². The standard InChI is InChI=1S/C31H24O4S2/c32-36(33,24-14-6-2-7-15-24)31(37(34,35)25-16-8-3-9-17-25)21-20-27-26-18-10-11-19-28(26)30(29(27)22-31)23-12-4-1-5-13-23/h1-20H,21-22H2. The highest BCUT2D eigenvalue weighted by molar-refractivity contribution is 8.10. The van der Waals surface area contributed by atoms with Gasteiger partial charge in [0, 0.05) is 12.8 Å². The molecule has 0 bridgehead atoms. The summed E-state index contributed by atoms with van der Waals surface area (Å²) in [5.74, 6) is 0. The second-order valence-electron chi connectivity index (χ2n) is 9.31. The number of sulfone groups is 2. The largest absolute Gasteiger partial charge is 0.222 e. The van der Waals surface area contributed by atoms with Gasteiger partial charge < -0.3 is 0 Å². The van der Waals surface area contributed by atoms with E-state index in [-0.39, 0.29) is 22.6 Å². The van der Waals surface area contributed by atoms with E-state index in [1.807, 2.05) is 60.7 Å². The van der Waals surface area contributed by atoms with Crippen molar-refractivity contribution in [2.24, 2.45) is 0 Å². The third-order valence-corrected chi connectivity index (χ3v) is 13.0. The molecule has 0 N–H and O–H groups in total. The van der Waals surface area contributed by atoms with Gasteiger partial charge in [-0.25, -0.2) is 16.8 Å². The molecule has 0 aliphatic heterocycles. The average molecular weight is 525 g/mol. The lowest BCUT2D eigenvalue weighted by Gasteiger charge is -2.36. The van der Waals surface area contributed by atoms with E-state index in [1.54, 1.807) is 36.4 Å². The summed E-state index contributed by atoms with van der Waals surface area (Å²) in [6.45, 7) is 0. The molecule has 0 heterocycles. The fraction of sp³-hybridized carbons (Fsp3) is 0.0968. The van der Waals surface area contributed by atoms with E-state index in [1.165, 1.54) is 24.3 Å². The Morgan fingerprint density at radius 1 is 0.541 bits per heavy atom. The van der Waals surface area contributed by atoms with Crippen LogP contribution >= 0.6 is 0 Å². The van der Waals surface area contributed by atoms with Crippen LogP contribution in [0, 0.1) is 0 Å². The lowest BCUT2D eigenvalue weighted by molar-refractivity contribution is 0.533. The monoisotopic (exact) mass is 524 g/mol. The SMILES string of the molecule is O=S(=O)(c1ccccc1)C1(S(=O)(=O)c2ccccc2)CC=C2C(=C(c3ccccc3)c3ccccc32)C1. The summed E-state index contributed by atoms with van der Waals surface area (Å²) in [7, 11) is -8.66. The van der Waals surface area contributed by atoms with Crippen molar-refractivity contribution in [2.45, 2.75) is 26.7 Å². The highest BCUT2D eigenvalue weighted by atomic mass is 32.3. The Morgan fingerprint density at radius 3 is 1.54 bits per heavy atom. The van der Waals surface area contributed by atoms with Gasteiger partial charge in [-0.1, -0.05) is 97.1 Å². The second-order valence-corrected chi connectivity index (χ2v) is 14.1. The molecular formula is C31H24O4S2. The zero-order valence-electron chi connectivity index (χ0n) is 19.9. The van der Waals surface area contributed by atoms with Gasteiger partial charge in [-0.05, 0) is 57.7 Å². The Morgan fingerprint density at radius 2 is 1.00 bits per heavy atom. The van der Waals surface area contributed by atoms with Crippen LogP contribution in [0.15, 0.2) is 137 Å². The predicted octanol–water partition coefficient (Wildman–Crippen LogP) is 6.32. The van der Waals surface area contributed by atoms with Crippen molar-refractivity contribution in [2.75, 3.05) is 0 Å². The van der Waals surface area contributed by atoms with Crippen molar-refractivity contribution in [3.05, 3.63) is 144 Å². The molecule has 4 aromatic carbocycles. The highest BCUT2D eigenvalue weighted by Gasteiger charge is 2.58. The van der Waals surface area contributed by atoms with Crippen molar-refractivity contribution < 1.29 is 16.8 Å². The lowest BCUT2D eigenvalue weighted by atomic mass is 9.90. The van der Waals surface area contributed by atoms with E-state index in [0.717, 1.165) is 33.4 Å². The van der Waals surface area contributed by atoms with Crippen LogP contribution in [0.5, 0.6) is 0 Å². The third kappa shape index (κ3) is 3.47. The first kappa shape index (κ1) is 23.6. The Kier molecular flexibility index (Phi) is 5.55. The van der Waals surface area contributed by atoms with Gasteiger partial charge >= 0.3 is 0 Å². The van der Waals surface area contributed by atoms with E-state index in [0.29, 0.717) is 0 Å². The van der Waals surface area contributed by atoms with Crippen LogP contribution in [0.4, 0.5) is 0 Å². The first-order valence-corrected chi connectivity index (χ1v) is 15.0. The minimum atomic E-state index is -4.33. The molecule has 2 aliphatic rings. The third-order valence-electron chi connectivity index (χ3n) is 7.33. The first-order chi connectivity index (χ1) is 17.9. The molecule has 0 spiro atoms. The molecule has 0 aromatic heterocycles. The summed E-state index contributed by atoms with van der Waals surface area (Å²) < 4.78 is 55.5. The molecule has 0 atom stereocenters. The van der Waals surface area contributed by atoms with Crippen LogP contribution < -0.4 is 0 Å². The maximum atomic E-state index is 14.4. The molecule has 37 heavy (non-hydrogen) atoms. The first-order valence-electron chi connectivity index (χ1n) is 12.1. The van der Waals surface area contributed by atoms with Gasteiger partial charge in [-0.15, -0.1) is 0 Å². The molecule has 0 unspecified atom stereocenters. The van der Waals surface area contributed by atoms with E-state index in [4.69, 9.17) is 0 Å². The number of benzene rings is 4. The molecule has 0 fully saturated rings. The topological polar surface area (TPSA) is 68.3 Å². The fourth-order valence-electron chi connectivity index (χ4n) is 5.53. The molecule has 184 valence electrons. The Labute approximate surface area is 217 Å². The molecular weight excluding hydrogens is 500 g/mol. The Bertz CT molecular complexity index is 1700. The predicted molar refractivity (Wildman–Crippen MR) is 146 cm³/mol. The van der Waals surface area contributed by atoms with Crippen LogP contribution in [0.25, 0.3) is 11.1 Å². The molecule has 2 aliphatic carbocycles. The van der Waals surface area contributed by atoms with Crippen LogP contribution in [-0.4, -0.2) is 20.9 Å². The normalized spacial score (nSPS) is 16.6. The average Bonchev–Trinajstić information content (AvgIpc) is 3.27. The fourth-order valence-corrected chi connectivity index (χ4v) is 10.4. The smallest absolute Gasteiger partial charge is 0.199 e. The number of allylic oxidation sites excluding steroid dienone is 3. The van der Waals surface area contributed by atoms with E-state index >= 15 is 0 Å². The molecule has 4 nitrogen and oxygen atoms in total. The van der Waals surface area contributed by atoms with Gasteiger partial charge in [0.2, 0.25) is 0 Å². The van der Waals surface area contributed by atoms with Gasteiger partial charge in [0.25, 0.3) is 0 Å². The van der Waals surface area contributed by atoms with Crippen LogP contribution in [0.1, 0.15) is 29.5 Å². The molecule has 6 rings (SSSR count). The van der Waals surface area contributed by atoms with Crippen molar-refractivity contribution in [3.63, 3.8) is 0 Å². The molecule has 4 aromatic rings. The summed E-state index contributed by atoms with van der Waals surface area (Å²) >= 11 is 0. The van der Waals surface area contributed by atoms with Gasteiger partial charge in [-0.3, -0.25) is 0 Å². The second kappa shape index (κ2) is 8.68. The lowest BCUT2D eigenvalue weighted by Crippen LogP contribution is -2.47. The summed E-state index contributed by atoms with van der Waals surface area (Å²) in [6, 6.07) is 33.6. The highest BCUT2D eigenvalue weighted by Crippen LogP contribution is 2.55. The van der Waals surface area contributed by atoms with Gasteiger partial charge in [0.1, 0.15) is 0 Å². The quantitative estimate of drug-likeness (QED) is 0.306. The van der Waals surface area contributed by atoms with Crippen LogP contribution in [0.2, 0.25) is 0 Å². The number of hydrogen-bond acceptors (Lipinski definition) is 4. The summed E-state index contributed by atoms with van der Waals surface area (Å²) in [5.41, 5.74) is 5.46. The number of rotatable bonds is 5. The van der Waals surface area contributed by atoms with Crippen molar-refractivity contribution in [1.82, 2.24) is 0 Å². The minimum Gasteiger partial charge on any atom is -0.222 e. The van der Waals surface area contributed by atoms with Crippen LogP contribution in [0.3, 0.4) is 0 Å². The van der Waals surface area contributed by atoms with Crippen molar-refractivity contribution >= 4 is 30.8 Å². The van der Waals surface area contributed by atoms with E-state index in [9.17, 15) is 16.8 Å². The summed E-state index contributed by atoms with van der Waals surface area (Å²) in [4.78, 5) is 0.00690. The molecule has 0 radical (unpaired) electrons. The number of hydrogen-bond donors (Lipinski definition) is 0. The van der Waals surface area contributed by atoms with Crippen molar-refractivity contribution in [3.8, 4) is 0 Å². The zero-order chi connectivity index (χ0) is 25.7. The van der Waals surface area contributed by atoms with Crippen molar-refractivity contribution in [1.29, 1.82) is 0 Å². The van der Waals surface area contributed by atoms with Gasteiger partial charge in [0.15, 0.2) is 23.8 Å². The molecule has 0 saturated heterocycles. The zero-order valence-corrected chi connectivity index (χ0v) is 21.5. The molecule has 0 amide bonds. The van der Waals surface area contributed by atoms with Gasteiger partial charge in [0.05, 0.1) is 9.79 Å². The molecule has 0 saturated carbocycles. The minimum absolute atomic E-state index is 0.00345. The Hall–Kier alpha value is -3.74. The summed E-state index contributed by atoms with van der Waals surface area (Å²) in [5, 5.41) is 0. The Balaban J connectivity index is 1.67.